The van der Waals surface area contributed by atoms with Gasteiger partial charge in [-0.15, -0.1) is 0 Å². The highest BCUT2D eigenvalue weighted by atomic mass is 19.1. The van der Waals surface area contributed by atoms with Crippen LogP contribution in [0.3, 0.4) is 0 Å². The van der Waals surface area contributed by atoms with Gasteiger partial charge in [-0.1, -0.05) is 26.0 Å². The second-order valence-corrected chi connectivity index (χ2v) is 11.8. The first-order chi connectivity index (χ1) is 19.0. The van der Waals surface area contributed by atoms with Crippen molar-refractivity contribution in [3.63, 3.8) is 0 Å². The van der Waals surface area contributed by atoms with Crippen molar-refractivity contribution >= 4 is 29.2 Å². The van der Waals surface area contributed by atoms with Crippen molar-refractivity contribution in [2.24, 2.45) is 5.41 Å². The maximum absolute atomic E-state index is 14.0. The van der Waals surface area contributed by atoms with Crippen molar-refractivity contribution in [1.82, 2.24) is 9.88 Å². The van der Waals surface area contributed by atoms with Crippen LogP contribution >= 0.6 is 0 Å². The van der Waals surface area contributed by atoms with Gasteiger partial charge in [-0.25, -0.2) is 13.8 Å². The molecule has 7 nitrogen and oxygen atoms in total. The summed E-state index contributed by atoms with van der Waals surface area (Å²) in [6.45, 7) is 3.41. The van der Waals surface area contributed by atoms with Crippen molar-refractivity contribution in [3.05, 3.63) is 88.6 Å². The van der Waals surface area contributed by atoms with Crippen LogP contribution in [-0.2, 0) is 32.6 Å². The molecule has 1 aliphatic carbocycles. The number of piperidine rings is 1. The number of benzene rings is 2. The van der Waals surface area contributed by atoms with E-state index in [-0.39, 0.29) is 24.3 Å². The molecule has 3 heterocycles. The first kappa shape index (κ1) is 26.1. The largest absolute Gasteiger partial charge is 0.326 e. The molecule has 0 unspecified atom stereocenters. The molecule has 0 bridgehead atoms. The molecule has 3 aliphatic rings. The molecule has 1 spiro atoms. The van der Waals surface area contributed by atoms with E-state index in [1.165, 1.54) is 21.9 Å². The molecule has 2 aromatic carbocycles. The topological polar surface area (TPSA) is 82.6 Å². The van der Waals surface area contributed by atoms with Gasteiger partial charge in [0.2, 0.25) is 17.7 Å². The van der Waals surface area contributed by atoms with Gasteiger partial charge in [0.1, 0.15) is 24.0 Å². The first-order valence-electron chi connectivity index (χ1n) is 13.4. The number of nitrogens with zero attached hydrogens (tertiary/aromatic N) is 3. The molecular formula is C31H30F2N4O3. The molecule has 3 amide bonds. The number of aromatic nitrogens is 1. The molecule has 6 rings (SSSR count). The molecule has 1 aromatic heterocycles. The molecule has 0 radical (unpaired) electrons. The van der Waals surface area contributed by atoms with E-state index in [1.807, 2.05) is 44.2 Å². The Hall–Kier alpha value is -4.14. The molecule has 9 heteroatoms. The van der Waals surface area contributed by atoms with Crippen molar-refractivity contribution < 1.29 is 23.2 Å². The van der Waals surface area contributed by atoms with Crippen LogP contribution in [0.25, 0.3) is 0 Å². The number of anilines is 2. The van der Waals surface area contributed by atoms with Gasteiger partial charge in [0.05, 0.1) is 11.5 Å². The zero-order valence-electron chi connectivity index (χ0n) is 22.6. The van der Waals surface area contributed by atoms with Gasteiger partial charge < -0.3 is 15.1 Å². The smallest absolute Gasteiger partial charge is 0.246 e. The summed E-state index contributed by atoms with van der Waals surface area (Å²) in [5, 5.41) is 2.90. The van der Waals surface area contributed by atoms with E-state index in [2.05, 4.69) is 10.3 Å². The Balaban J connectivity index is 1.25. The lowest BCUT2D eigenvalue weighted by atomic mass is 9.78. The molecule has 1 N–H and O–H groups in total. The van der Waals surface area contributed by atoms with Gasteiger partial charge in [-0.2, -0.15) is 0 Å². The molecule has 1 fully saturated rings. The summed E-state index contributed by atoms with van der Waals surface area (Å²) in [4.78, 5) is 47.3. The number of pyridine rings is 1. The van der Waals surface area contributed by atoms with Crippen LogP contribution < -0.4 is 10.2 Å². The second-order valence-electron chi connectivity index (χ2n) is 11.8. The minimum atomic E-state index is -0.721. The molecule has 0 saturated carbocycles. The number of fused-ring (bicyclic) bond motifs is 3. The number of hydrogen-bond acceptors (Lipinski definition) is 4. The standard InChI is InChI=1S/C31H30F2N4O3/c1-30(2)9-8-25(19-11-21(32)14-22(33)12-19)37(29(30)40)17-26(38)36(3)23-7-6-18-15-31(16-20(18)13-23)24-5-4-10-34-27(24)35-28(31)39/h4-7,10-14,25H,8-9,15-17H2,1-3H3,(H,34,35,39)/t25-,31+/m0/s1. The Morgan fingerprint density at radius 1 is 1.07 bits per heavy atom. The highest BCUT2D eigenvalue weighted by molar-refractivity contribution is 6.06. The van der Waals surface area contributed by atoms with E-state index in [0.29, 0.717) is 42.8 Å². The van der Waals surface area contributed by atoms with Gasteiger partial charge in [0.25, 0.3) is 0 Å². The Kier molecular flexibility index (Phi) is 6.01. The Labute approximate surface area is 231 Å². The number of likely N-dealkylation sites (tertiary alicyclic amines) is 1. The van der Waals surface area contributed by atoms with E-state index >= 15 is 0 Å². The molecule has 3 aromatic rings. The minimum Gasteiger partial charge on any atom is -0.326 e. The lowest BCUT2D eigenvalue weighted by Gasteiger charge is -2.43. The average Bonchev–Trinajstić information content (AvgIpc) is 3.42. The zero-order chi connectivity index (χ0) is 28.4. The van der Waals surface area contributed by atoms with Crippen molar-refractivity contribution in [3.8, 4) is 0 Å². The molecular weight excluding hydrogens is 514 g/mol. The van der Waals surface area contributed by atoms with E-state index < -0.39 is 28.5 Å². The maximum Gasteiger partial charge on any atom is 0.246 e. The van der Waals surface area contributed by atoms with Gasteiger partial charge in [0.15, 0.2) is 0 Å². The molecule has 2 atom stereocenters. The zero-order valence-corrected chi connectivity index (χ0v) is 22.6. The highest BCUT2D eigenvalue weighted by Crippen LogP contribution is 2.47. The summed E-state index contributed by atoms with van der Waals surface area (Å²) >= 11 is 0. The monoisotopic (exact) mass is 544 g/mol. The van der Waals surface area contributed by atoms with Crippen LogP contribution in [0.4, 0.5) is 20.3 Å². The Morgan fingerprint density at radius 2 is 1.80 bits per heavy atom. The minimum absolute atomic E-state index is 0.0746. The van der Waals surface area contributed by atoms with Crippen molar-refractivity contribution in [2.45, 2.75) is 51.0 Å². The number of likely N-dealkylation sites (N-methyl/N-ethyl adjacent to an activating group) is 1. The van der Waals surface area contributed by atoms with Crippen LogP contribution in [0.1, 0.15) is 55.0 Å². The van der Waals surface area contributed by atoms with Crippen LogP contribution in [0.5, 0.6) is 0 Å². The van der Waals surface area contributed by atoms with Crippen molar-refractivity contribution in [1.29, 1.82) is 0 Å². The summed E-state index contributed by atoms with van der Waals surface area (Å²) in [5.41, 5.74) is 2.47. The van der Waals surface area contributed by atoms with Crippen LogP contribution in [-0.4, -0.2) is 41.2 Å². The maximum atomic E-state index is 14.0. The van der Waals surface area contributed by atoms with Crippen LogP contribution in [0.15, 0.2) is 54.7 Å². The van der Waals surface area contributed by atoms with Crippen LogP contribution in [0, 0.1) is 17.0 Å². The SMILES string of the molecule is CN(C(=O)CN1C(=O)C(C)(C)CC[C@H]1c1cc(F)cc(F)c1)c1ccc2c(c1)C[C@@]1(C2)C(=O)Nc2ncccc21. The van der Waals surface area contributed by atoms with Gasteiger partial charge >= 0.3 is 0 Å². The van der Waals surface area contributed by atoms with E-state index in [1.54, 1.807) is 13.2 Å². The summed E-state index contributed by atoms with van der Waals surface area (Å²) in [7, 11) is 1.65. The normalized spacial score (nSPS) is 22.7. The first-order valence-corrected chi connectivity index (χ1v) is 13.4. The van der Waals surface area contributed by atoms with Crippen LogP contribution in [0.2, 0.25) is 0 Å². The third kappa shape index (κ3) is 4.15. The summed E-state index contributed by atoms with van der Waals surface area (Å²) in [6.07, 6.45) is 3.72. The fraction of sp³-hybridized carbons (Fsp3) is 0.355. The Bertz CT molecular complexity index is 1550. The lowest BCUT2D eigenvalue weighted by molar-refractivity contribution is -0.150. The highest BCUT2D eigenvalue weighted by Gasteiger charge is 2.51. The number of nitrogens with one attached hydrogen (secondary N) is 1. The van der Waals surface area contributed by atoms with Gasteiger partial charge in [-0.3, -0.25) is 14.4 Å². The lowest BCUT2D eigenvalue weighted by Crippen LogP contribution is -2.51. The molecule has 206 valence electrons. The number of carbonyl (C=O) groups is 3. The molecule has 2 aliphatic heterocycles. The summed E-state index contributed by atoms with van der Waals surface area (Å²) in [6, 6.07) is 12.1. The third-order valence-electron chi connectivity index (χ3n) is 8.76. The summed E-state index contributed by atoms with van der Waals surface area (Å²) in [5.74, 6) is -1.48. The number of hydrogen-bond donors (Lipinski definition) is 1. The predicted molar refractivity (Wildman–Crippen MR) is 146 cm³/mol. The third-order valence-corrected chi connectivity index (χ3v) is 8.76. The number of rotatable bonds is 4. The fourth-order valence-corrected chi connectivity index (χ4v) is 6.44. The predicted octanol–water partition coefficient (Wildman–Crippen LogP) is 4.70. The quantitative estimate of drug-likeness (QED) is 0.516. The van der Waals surface area contributed by atoms with Crippen molar-refractivity contribution in [2.75, 3.05) is 23.8 Å². The Morgan fingerprint density at radius 3 is 2.55 bits per heavy atom. The van der Waals surface area contributed by atoms with Gasteiger partial charge in [-0.05, 0) is 72.7 Å². The average molecular weight is 545 g/mol. The van der Waals surface area contributed by atoms with E-state index in [4.69, 9.17) is 0 Å². The molecule has 1 saturated heterocycles. The van der Waals surface area contributed by atoms with Gasteiger partial charge in [0, 0.05) is 36.0 Å². The van der Waals surface area contributed by atoms with E-state index in [0.717, 1.165) is 22.8 Å². The number of amides is 3. The summed E-state index contributed by atoms with van der Waals surface area (Å²) < 4.78 is 28.1. The number of carbonyl (C=O) groups excluding carboxylic acids is 3. The fourth-order valence-electron chi connectivity index (χ4n) is 6.44. The molecule has 40 heavy (non-hydrogen) atoms. The second kappa shape index (κ2) is 9.21. The number of halogens is 2. The van der Waals surface area contributed by atoms with E-state index in [9.17, 15) is 23.2 Å².